The Morgan fingerprint density at radius 2 is 1.88 bits per heavy atom. The second-order valence-corrected chi connectivity index (χ2v) is 7.17. The summed E-state index contributed by atoms with van der Waals surface area (Å²) < 4.78 is 1.85. The van der Waals surface area contributed by atoms with Gasteiger partial charge in [-0.05, 0) is 49.7 Å². The molecule has 2 fully saturated rings. The van der Waals surface area contributed by atoms with Gasteiger partial charge in [0.2, 0.25) is 0 Å². The number of benzene rings is 1. The second-order valence-electron chi connectivity index (χ2n) is 7.17. The summed E-state index contributed by atoms with van der Waals surface area (Å²) >= 11 is 0. The predicted molar refractivity (Wildman–Crippen MR) is 92.9 cm³/mol. The van der Waals surface area contributed by atoms with Crippen LogP contribution in [0, 0.1) is 11.8 Å². The smallest absolute Gasteiger partial charge is 0.270 e. The highest BCUT2D eigenvalue weighted by Gasteiger charge is 2.40. The molecule has 126 valence electrons. The van der Waals surface area contributed by atoms with Gasteiger partial charge in [0, 0.05) is 17.8 Å². The van der Waals surface area contributed by atoms with Crippen molar-refractivity contribution in [2.45, 2.75) is 44.2 Å². The number of nitrogens with two attached hydrogens (primary N) is 1. The molecule has 2 aliphatic carbocycles. The van der Waals surface area contributed by atoms with Crippen molar-refractivity contribution in [1.82, 2.24) is 14.9 Å². The number of carbonyl (C=O) groups excluding carboxylic acids is 1. The van der Waals surface area contributed by atoms with Crippen molar-refractivity contribution in [3.63, 3.8) is 0 Å². The standard InChI is InChI=1S/C19H24N4O/c20-15-9-13-5-4-6-14(10-15)18(13)22-19(24)17-11-21-12-23(17)16-7-2-1-3-8-16/h1-3,7-8,11-15,18H,4-6,9-10,20H2,(H,22,24). The molecule has 2 aliphatic rings. The van der Waals surface area contributed by atoms with E-state index in [1.807, 2.05) is 34.9 Å². The molecule has 2 saturated carbocycles. The van der Waals surface area contributed by atoms with E-state index in [-0.39, 0.29) is 11.9 Å². The summed E-state index contributed by atoms with van der Waals surface area (Å²) in [4.78, 5) is 17.1. The maximum Gasteiger partial charge on any atom is 0.270 e. The molecule has 5 nitrogen and oxygen atoms in total. The number of nitrogens with one attached hydrogen (secondary N) is 1. The van der Waals surface area contributed by atoms with Crippen LogP contribution in [0.5, 0.6) is 0 Å². The Kier molecular flexibility index (Phi) is 4.10. The van der Waals surface area contributed by atoms with Crippen molar-refractivity contribution in [3.05, 3.63) is 48.5 Å². The number of aromatic nitrogens is 2. The summed E-state index contributed by atoms with van der Waals surface area (Å²) in [6.45, 7) is 0. The van der Waals surface area contributed by atoms with Crippen LogP contribution in [0.2, 0.25) is 0 Å². The zero-order valence-corrected chi connectivity index (χ0v) is 13.8. The molecule has 2 bridgehead atoms. The van der Waals surface area contributed by atoms with E-state index in [2.05, 4.69) is 10.3 Å². The van der Waals surface area contributed by atoms with Crippen molar-refractivity contribution in [3.8, 4) is 5.69 Å². The van der Waals surface area contributed by atoms with E-state index >= 15 is 0 Å². The maximum atomic E-state index is 12.9. The molecule has 1 heterocycles. The van der Waals surface area contributed by atoms with Gasteiger partial charge in [-0.3, -0.25) is 9.36 Å². The van der Waals surface area contributed by atoms with Crippen LogP contribution in [0.3, 0.4) is 0 Å². The number of hydrogen-bond donors (Lipinski definition) is 2. The molecule has 2 unspecified atom stereocenters. The number of nitrogens with zero attached hydrogens (tertiary/aromatic N) is 2. The van der Waals surface area contributed by atoms with Crippen LogP contribution in [-0.4, -0.2) is 27.5 Å². The highest BCUT2D eigenvalue weighted by atomic mass is 16.2. The Balaban J connectivity index is 1.54. The second kappa shape index (κ2) is 6.40. The van der Waals surface area contributed by atoms with Crippen LogP contribution in [0.25, 0.3) is 5.69 Å². The monoisotopic (exact) mass is 324 g/mol. The molecule has 1 aromatic heterocycles. The third-order valence-electron chi connectivity index (χ3n) is 5.58. The Labute approximate surface area is 142 Å². The molecule has 1 aromatic carbocycles. The molecule has 5 heteroatoms. The molecule has 0 aliphatic heterocycles. The molecular formula is C19H24N4O. The lowest BCUT2D eigenvalue weighted by atomic mass is 9.67. The van der Waals surface area contributed by atoms with E-state index in [1.165, 1.54) is 19.3 Å². The minimum Gasteiger partial charge on any atom is -0.347 e. The highest BCUT2D eigenvalue weighted by molar-refractivity contribution is 5.93. The highest BCUT2D eigenvalue weighted by Crippen LogP contribution is 2.39. The predicted octanol–water partition coefficient (Wildman–Crippen LogP) is 2.51. The van der Waals surface area contributed by atoms with Gasteiger partial charge in [0.05, 0.1) is 12.5 Å². The molecule has 0 spiro atoms. The first kappa shape index (κ1) is 15.4. The third kappa shape index (κ3) is 2.84. The number of carbonyl (C=O) groups is 1. The van der Waals surface area contributed by atoms with Crippen molar-refractivity contribution in [2.24, 2.45) is 17.6 Å². The van der Waals surface area contributed by atoms with Crippen molar-refractivity contribution >= 4 is 5.91 Å². The van der Waals surface area contributed by atoms with E-state index in [1.54, 1.807) is 12.5 Å². The average Bonchev–Trinajstić information content (AvgIpc) is 3.06. The molecule has 0 radical (unpaired) electrons. The SMILES string of the molecule is NC1CC2CCCC(C1)C2NC(=O)c1cncn1-c1ccccc1. The molecule has 4 rings (SSSR count). The van der Waals surface area contributed by atoms with Crippen LogP contribution in [0.4, 0.5) is 0 Å². The number of hydrogen-bond acceptors (Lipinski definition) is 3. The van der Waals surface area contributed by atoms with Gasteiger partial charge in [-0.1, -0.05) is 24.6 Å². The first-order valence-corrected chi connectivity index (χ1v) is 8.86. The molecule has 3 N–H and O–H groups in total. The number of rotatable bonds is 3. The van der Waals surface area contributed by atoms with Crippen molar-refractivity contribution in [2.75, 3.05) is 0 Å². The number of amides is 1. The van der Waals surface area contributed by atoms with Gasteiger partial charge in [-0.25, -0.2) is 4.98 Å². The van der Waals surface area contributed by atoms with Crippen LogP contribution in [0.15, 0.2) is 42.9 Å². The lowest BCUT2D eigenvalue weighted by Gasteiger charge is -2.45. The average molecular weight is 324 g/mol. The fourth-order valence-corrected chi connectivity index (χ4v) is 4.51. The number of fused-ring (bicyclic) bond motifs is 2. The maximum absolute atomic E-state index is 12.9. The van der Waals surface area contributed by atoms with Crippen molar-refractivity contribution in [1.29, 1.82) is 0 Å². The Morgan fingerprint density at radius 1 is 1.17 bits per heavy atom. The van der Waals surface area contributed by atoms with Crippen molar-refractivity contribution < 1.29 is 4.79 Å². The minimum atomic E-state index is -0.0336. The fourth-order valence-electron chi connectivity index (χ4n) is 4.51. The van der Waals surface area contributed by atoms with E-state index < -0.39 is 0 Å². The zero-order valence-electron chi connectivity index (χ0n) is 13.8. The zero-order chi connectivity index (χ0) is 16.5. The molecule has 0 saturated heterocycles. The summed E-state index contributed by atoms with van der Waals surface area (Å²) in [5.74, 6) is 1.00. The molecule has 24 heavy (non-hydrogen) atoms. The quantitative estimate of drug-likeness (QED) is 0.911. The van der Waals surface area contributed by atoms with Crippen LogP contribution < -0.4 is 11.1 Å². The third-order valence-corrected chi connectivity index (χ3v) is 5.58. The van der Waals surface area contributed by atoms with E-state index in [4.69, 9.17) is 5.73 Å². The van der Waals surface area contributed by atoms with Gasteiger partial charge in [0.1, 0.15) is 5.69 Å². The molecule has 2 atom stereocenters. The summed E-state index contributed by atoms with van der Waals surface area (Å²) in [5, 5.41) is 3.30. The van der Waals surface area contributed by atoms with Gasteiger partial charge in [0.25, 0.3) is 5.91 Å². The van der Waals surface area contributed by atoms with Gasteiger partial charge in [-0.2, -0.15) is 0 Å². The van der Waals surface area contributed by atoms with Gasteiger partial charge >= 0.3 is 0 Å². The summed E-state index contributed by atoms with van der Waals surface area (Å²) in [7, 11) is 0. The summed E-state index contributed by atoms with van der Waals surface area (Å²) in [6, 6.07) is 10.4. The summed E-state index contributed by atoms with van der Waals surface area (Å²) in [6.07, 6.45) is 9.00. The fraction of sp³-hybridized carbons (Fsp3) is 0.474. The Hall–Kier alpha value is -2.14. The molecule has 2 aromatic rings. The lowest BCUT2D eigenvalue weighted by molar-refractivity contribution is 0.0750. The molecule has 1 amide bonds. The van der Waals surface area contributed by atoms with Crippen LogP contribution in [-0.2, 0) is 0 Å². The van der Waals surface area contributed by atoms with Crippen LogP contribution in [0.1, 0.15) is 42.6 Å². The molecular weight excluding hydrogens is 300 g/mol. The van der Waals surface area contributed by atoms with Gasteiger partial charge in [0.15, 0.2) is 0 Å². The van der Waals surface area contributed by atoms with E-state index in [0.717, 1.165) is 18.5 Å². The largest absolute Gasteiger partial charge is 0.347 e. The topological polar surface area (TPSA) is 72.9 Å². The summed E-state index contributed by atoms with van der Waals surface area (Å²) in [5.41, 5.74) is 7.73. The minimum absolute atomic E-state index is 0.0336. The van der Waals surface area contributed by atoms with Crippen LogP contribution >= 0.6 is 0 Å². The van der Waals surface area contributed by atoms with Gasteiger partial charge < -0.3 is 11.1 Å². The van der Waals surface area contributed by atoms with E-state index in [9.17, 15) is 4.79 Å². The first-order valence-electron chi connectivity index (χ1n) is 8.86. The normalized spacial score (nSPS) is 29.2. The first-order chi connectivity index (χ1) is 11.7. The van der Waals surface area contributed by atoms with E-state index in [0.29, 0.717) is 23.6 Å². The number of imidazole rings is 1. The Morgan fingerprint density at radius 3 is 2.58 bits per heavy atom. The Bertz CT molecular complexity index is 697. The van der Waals surface area contributed by atoms with Gasteiger partial charge in [-0.15, -0.1) is 0 Å². The lowest BCUT2D eigenvalue weighted by Crippen LogP contribution is -2.53. The number of para-hydroxylation sites is 1.